The average molecular weight is 398 g/mol. The Hall–Kier alpha value is -4.00. The highest BCUT2D eigenvalue weighted by Crippen LogP contribution is 2.31. The number of nitrogens with zero attached hydrogens (tertiary/aromatic N) is 3. The van der Waals surface area contributed by atoms with E-state index in [-0.39, 0.29) is 5.82 Å². The molecule has 148 valence electrons. The van der Waals surface area contributed by atoms with Crippen LogP contribution < -0.4 is 5.32 Å². The molecule has 0 fully saturated rings. The summed E-state index contributed by atoms with van der Waals surface area (Å²) in [5, 5.41) is 11.2. The second-order valence-electron chi connectivity index (χ2n) is 7.08. The normalized spacial score (nSPS) is 11.1. The van der Waals surface area contributed by atoms with Gasteiger partial charge in [-0.15, -0.1) is 0 Å². The number of hydrogen-bond donors (Lipinski definition) is 3. The maximum Gasteiger partial charge on any atom is 0.146 e. The van der Waals surface area contributed by atoms with E-state index in [2.05, 4.69) is 25.5 Å². The number of aromatic amines is 2. The Bertz CT molecular complexity index is 1340. The third kappa shape index (κ3) is 3.41. The first-order valence-corrected chi connectivity index (χ1v) is 9.62. The van der Waals surface area contributed by atoms with Gasteiger partial charge in [0.25, 0.3) is 0 Å². The van der Waals surface area contributed by atoms with E-state index in [0.717, 1.165) is 39.2 Å². The van der Waals surface area contributed by atoms with Crippen LogP contribution in [0.1, 0.15) is 11.5 Å². The number of rotatable bonds is 5. The Balaban J connectivity index is 1.56. The Morgan fingerprint density at radius 2 is 1.90 bits per heavy atom. The largest absolute Gasteiger partial charge is 0.375 e. The molecular formula is C23H19FN6. The van der Waals surface area contributed by atoms with Crippen molar-refractivity contribution < 1.29 is 4.39 Å². The summed E-state index contributed by atoms with van der Waals surface area (Å²) < 4.78 is 14.0. The predicted molar refractivity (Wildman–Crippen MR) is 115 cm³/mol. The molecule has 0 saturated heterocycles. The van der Waals surface area contributed by atoms with Crippen LogP contribution in [0.3, 0.4) is 0 Å². The highest BCUT2D eigenvalue weighted by molar-refractivity contribution is 5.86. The summed E-state index contributed by atoms with van der Waals surface area (Å²) in [6.45, 7) is 2.31. The minimum atomic E-state index is -0.296. The number of anilines is 1. The lowest BCUT2D eigenvalue weighted by molar-refractivity contribution is 0.630. The first-order valence-electron chi connectivity index (χ1n) is 9.62. The number of H-pyrrole nitrogens is 2. The Morgan fingerprint density at radius 3 is 2.77 bits per heavy atom. The standard InChI is InChI=1S/C23H19FN6/c1-14-5-4-8-20(27-14)23-22(15-9-10-18-16(11-15)12-26-30-18)28-21(29-23)13-25-19-7-3-2-6-17(19)24/h2-12,25H,13H2,1H3,(H,26,30)(H,28,29). The van der Waals surface area contributed by atoms with E-state index in [9.17, 15) is 4.39 Å². The van der Waals surface area contributed by atoms with E-state index >= 15 is 0 Å². The molecule has 5 aromatic rings. The van der Waals surface area contributed by atoms with Crippen LogP contribution in [0.2, 0.25) is 0 Å². The summed E-state index contributed by atoms with van der Waals surface area (Å²) >= 11 is 0. The number of pyridine rings is 1. The van der Waals surface area contributed by atoms with E-state index in [1.54, 1.807) is 24.4 Å². The maximum atomic E-state index is 14.0. The average Bonchev–Trinajstić information content (AvgIpc) is 3.39. The molecule has 0 aliphatic carbocycles. The zero-order valence-corrected chi connectivity index (χ0v) is 16.3. The van der Waals surface area contributed by atoms with Crippen molar-refractivity contribution in [1.82, 2.24) is 25.1 Å². The van der Waals surface area contributed by atoms with Crippen LogP contribution in [0.4, 0.5) is 10.1 Å². The van der Waals surface area contributed by atoms with Crippen molar-refractivity contribution >= 4 is 16.6 Å². The molecule has 0 saturated carbocycles. The number of imidazole rings is 1. The van der Waals surface area contributed by atoms with Crippen molar-refractivity contribution in [2.45, 2.75) is 13.5 Å². The minimum absolute atomic E-state index is 0.296. The second kappa shape index (κ2) is 7.44. The van der Waals surface area contributed by atoms with Crippen LogP contribution in [0.5, 0.6) is 0 Å². The van der Waals surface area contributed by atoms with Gasteiger partial charge in [0.2, 0.25) is 0 Å². The lowest BCUT2D eigenvalue weighted by Crippen LogP contribution is -2.02. The zero-order chi connectivity index (χ0) is 20.5. The summed E-state index contributed by atoms with van der Waals surface area (Å²) in [6.07, 6.45) is 1.79. The van der Waals surface area contributed by atoms with Crippen molar-refractivity contribution in [2.75, 3.05) is 5.32 Å². The predicted octanol–water partition coefficient (Wildman–Crippen LogP) is 5.07. The lowest BCUT2D eigenvalue weighted by Gasteiger charge is -2.05. The summed E-state index contributed by atoms with van der Waals surface area (Å²) in [7, 11) is 0. The highest BCUT2D eigenvalue weighted by atomic mass is 19.1. The van der Waals surface area contributed by atoms with Crippen LogP contribution in [0, 0.1) is 12.7 Å². The molecule has 7 heteroatoms. The van der Waals surface area contributed by atoms with Gasteiger partial charge in [0.1, 0.15) is 11.6 Å². The van der Waals surface area contributed by atoms with Crippen molar-refractivity contribution in [3.8, 4) is 22.6 Å². The molecule has 3 heterocycles. The number of nitrogens with one attached hydrogen (secondary N) is 3. The Morgan fingerprint density at radius 1 is 1.00 bits per heavy atom. The summed E-state index contributed by atoms with van der Waals surface area (Å²) in [4.78, 5) is 12.8. The van der Waals surface area contributed by atoms with Crippen LogP contribution >= 0.6 is 0 Å². The van der Waals surface area contributed by atoms with Crippen molar-refractivity contribution in [3.05, 3.63) is 84.2 Å². The quantitative estimate of drug-likeness (QED) is 0.386. The minimum Gasteiger partial charge on any atom is -0.375 e. The van der Waals surface area contributed by atoms with Gasteiger partial charge in [0.05, 0.1) is 41.0 Å². The van der Waals surface area contributed by atoms with E-state index in [4.69, 9.17) is 4.98 Å². The molecule has 0 amide bonds. The van der Waals surface area contributed by atoms with Gasteiger partial charge >= 0.3 is 0 Å². The summed E-state index contributed by atoms with van der Waals surface area (Å²) in [6, 6.07) is 18.5. The number of benzene rings is 2. The van der Waals surface area contributed by atoms with Gasteiger partial charge in [-0.2, -0.15) is 5.10 Å². The van der Waals surface area contributed by atoms with Gasteiger partial charge in [0.15, 0.2) is 0 Å². The number of para-hydroxylation sites is 1. The zero-order valence-electron chi connectivity index (χ0n) is 16.3. The molecule has 0 spiro atoms. The van der Waals surface area contributed by atoms with Gasteiger partial charge in [-0.1, -0.05) is 24.3 Å². The van der Waals surface area contributed by atoms with Crippen molar-refractivity contribution in [2.24, 2.45) is 0 Å². The molecule has 0 bridgehead atoms. The SMILES string of the molecule is Cc1cccc(-c2[nH]c(CNc3ccccc3F)nc2-c2ccc3[nH]ncc3c2)n1. The third-order valence-electron chi connectivity index (χ3n) is 4.93. The van der Waals surface area contributed by atoms with E-state index in [0.29, 0.717) is 18.1 Å². The van der Waals surface area contributed by atoms with Gasteiger partial charge in [0, 0.05) is 16.6 Å². The second-order valence-corrected chi connectivity index (χ2v) is 7.08. The number of halogens is 1. The van der Waals surface area contributed by atoms with Crippen molar-refractivity contribution in [3.63, 3.8) is 0 Å². The maximum absolute atomic E-state index is 14.0. The van der Waals surface area contributed by atoms with Crippen LogP contribution in [0.25, 0.3) is 33.5 Å². The number of fused-ring (bicyclic) bond motifs is 1. The van der Waals surface area contributed by atoms with Crippen LogP contribution in [-0.4, -0.2) is 25.1 Å². The Kier molecular flexibility index (Phi) is 4.48. The molecule has 0 aliphatic rings. The molecule has 5 rings (SSSR count). The topological polar surface area (TPSA) is 82.3 Å². The van der Waals surface area contributed by atoms with Crippen LogP contribution in [0.15, 0.2) is 66.9 Å². The first kappa shape index (κ1) is 18.1. The lowest BCUT2D eigenvalue weighted by atomic mass is 10.1. The Labute approximate surface area is 172 Å². The smallest absolute Gasteiger partial charge is 0.146 e. The molecule has 0 atom stereocenters. The summed E-state index contributed by atoms with van der Waals surface area (Å²) in [5.41, 5.74) is 5.70. The molecule has 2 aromatic carbocycles. The highest BCUT2D eigenvalue weighted by Gasteiger charge is 2.16. The molecule has 3 N–H and O–H groups in total. The molecule has 30 heavy (non-hydrogen) atoms. The van der Waals surface area contributed by atoms with Gasteiger partial charge in [-0.3, -0.25) is 10.1 Å². The number of hydrogen-bond acceptors (Lipinski definition) is 4. The van der Waals surface area contributed by atoms with Gasteiger partial charge in [-0.25, -0.2) is 9.37 Å². The van der Waals surface area contributed by atoms with E-state index in [1.807, 2.05) is 43.3 Å². The van der Waals surface area contributed by atoms with E-state index in [1.165, 1.54) is 6.07 Å². The van der Waals surface area contributed by atoms with Gasteiger partial charge in [-0.05, 0) is 43.3 Å². The summed E-state index contributed by atoms with van der Waals surface area (Å²) in [5.74, 6) is 0.397. The fourth-order valence-corrected chi connectivity index (χ4v) is 3.46. The third-order valence-corrected chi connectivity index (χ3v) is 4.93. The van der Waals surface area contributed by atoms with Gasteiger partial charge < -0.3 is 10.3 Å². The first-order chi connectivity index (χ1) is 14.7. The molecule has 0 unspecified atom stereocenters. The fraction of sp³-hybridized carbons (Fsp3) is 0.0870. The van der Waals surface area contributed by atoms with E-state index < -0.39 is 0 Å². The molecule has 0 radical (unpaired) electrons. The monoisotopic (exact) mass is 398 g/mol. The fourth-order valence-electron chi connectivity index (χ4n) is 3.46. The van der Waals surface area contributed by atoms with Crippen LogP contribution in [-0.2, 0) is 6.54 Å². The molecular weight excluding hydrogens is 379 g/mol. The number of aryl methyl sites for hydroxylation is 1. The molecule has 0 aliphatic heterocycles. The van der Waals surface area contributed by atoms with Crippen molar-refractivity contribution in [1.29, 1.82) is 0 Å². The number of aromatic nitrogens is 5. The molecule has 6 nitrogen and oxygen atoms in total. The molecule has 3 aromatic heterocycles.